The summed E-state index contributed by atoms with van der Waals surface area (Å²) in [5.41, 5.74) is 8.06. The fourth-order valence-corrected chi connectivity index (χ4v) is 2.02. The van der Waals surface area contributed by atoms with E-state index in [-0.39, 0.29) is 0 Å². The molecule has 0 radical (unpaired) electrons. The Balaban J connectivity index is 1.89. The number of aromatic nitrogens is 1. The molecule has 3 N–H and O–H groups in total. The Kier molecular flexibility index (Phi) is 2.65. The molecule has 3 aromatic rings. The van der Waals surface area contributed by atoms with Crippen molar-refractivity contribution in [2.45, 2.75) is 6.61 Å². The molecule has 3 rings (SSSR count). The van der Waals surface area contributed by atoms with Crippen molar-refractivity contribution in [3.05, 3.63) is 60.2 Å². The Labute approximate surface area is 105 Å². The van der Waals surface area contributed by atoms with Crippen molar-refractivity contribution >= 4 is 16.7 Å². The summed E-state index contributed by atoms with van der Waals surface area (Å²) in [6.45, 7) is 0.521. The van der Waals surface area contributed by atoms with Crippen molar-refractivity contribution in [1.82, 2.24) is 4.98 Å². The Hall–Kier alpha value is -2.42. The lowest BCUT2D eigenvalue weighted by Crippen LogP contribution is -1.97. The number of fused-ring (bicyclic) bond motifs is 1. The van der Waals surface area contributed by atoms with Crippen LogP contribution in [-0.2, 0) is 6.61 Å². The summed E-state index contributed by atoms with van der Waals surface area (Å²) in [6.07, 6.45) is 0. The number of hydrogen-bond donors (Lipinski definition) is 2. The zero-order chi connectivity index (χ0) is 12.4. The Morgan fingerprint density at radius 3 is 2.50 bits per heavy atom. The number of hydrogen-bond acceptors (Lipinski definition) is 2. The minimum atomic E-state index is 0.521. The van der Waals surface area contributed by atoms with Gasteiger partial charge in [0.25, 0.3) is 0 Å². The minimum Gasteiger partial charge on any atom is -0.484 e. The number of benzene rings is 2. The number of nitrogen functional groups attached to an aromatic ring is 1. The molecule has 0 spiro atoms. The number of para-hydroxylation sites is 1. The molecular weight excluding hydrogens is 224 g/mol. The zero-order valence-electron chi connectivity index (χ0n) is 9.89. The van der Waals surface area contributed by atoms with Gasteiger partial charge in [0.2, 0.25) is 0 Å². The van der Waals surface area contributed by atoms with Gasteiger partial charge in [-0.25, -0.2) is 0 Å². The van der Waals surface area contributed by atoms with Crippen molar-refractivity contribution in [1.29, 1.82) is 0 Å². The third kappa shape index (κ3) is 1.91. The van der Waals surface area contributed by atoms with E-state index in [1.165, 1.54) is 0 Å². The molecule has 0 atom stereocenters. The first kappa shape index (κ1) is 10.7. The Morgan fingerprint density at radius 1 is 0.944 bits per heavy atom. The van der Waals surface area contributed by atoms with Crippen molar-refractivity contribution < 1.29 is 4.74 Å². The second-order valence-corrected chi connectivity index (χ2v) is 4.19. The molecule has 0 aliphatic carbocycles. The molecule has 1 aromatic heterocycles. The van der Waals surface area contributed by atoms with Crippen molar-refractivity contribution in [3.8, 4) is 5.75 Å². The molecule has 0 aliphatic rings. The highest BCUT2D eigenvalue weighted by Gasteiger charge is 2.09. The molecule has 3 heteroatoms. The quantitative estimate of drug-likeness (QED) is 0.735. The van der Waals surface area contributed by atoms with E-state index >= 15 is 0 Å². The predicted octanol–water partition coefficient (Wildman–Crippen LogP) is 3.33. The van der Waals surface area contributed by atoms with Gasteiger partial charge >= 0.3 is 0 Å². The summed E-state index contributed by atoms with van der Waals surface area (Å²) in [4.78, 5) is 3.12. The fourth-order valence-electron chi connectivity index (χ4n) is 2.02. The number of nitrogens with one attached hydrogen (secondary N) is 1. The first-order valence-electron chi connectivity index (χ1n) is 5.87. The van der Waals surface area contributed by atoms with Crippen LogP contribution in [0.15, 0.2) is 54.6 Å². The van der Waals surface area contributed by atoms with Gasteiger partial charge in [0.15, 0.2) is 5.75 Å². The van der Waals surface area contributed by atoms with Crippen LogP contribution in [0.4, 0.5) is 5.82 Å². The second-order valence-electron chi connectivity index (χ2n) is 4.19. The van der Waals surface area contributed by atoms with E-state index in [0.29, 0.717) is 12.4 Å². The van der Waals surface area contributed by atoms with Gasteiger partial charge in [-0.05, 0) is 17.7 Å². The number of rotatable bonds is 3. The first-order valence-corrected chi connectivity index (χ1v) is 5.87. The SMILES string of the molecule is Nc1[nH]c2ccccc2c1OCc1ccccc1. The standard InChI is InChI=1S/C15H14N2O/c16-15-14(12-8-4-5-9-13(12)17-15)18-10-11-6-2-1-3-7-11/h1-9,17H,10,16H2. The molecule has 0 fully saturated rings. The molecule has 18 heavy (non-hydrogen) atoms. The van der Waals surface area contributed by atoms with Crippen LogP contribution in [-0.4, -0.2) is 4.98 Å². The van der Waals surface area contributed by atoms with E-state index in [1.807, 2.05) is 54.6 Å². The summed E-state index contributed by atoms with van der Waals surface area (Å²) >= 11 is 0. The highest BCUT2D eigenvalue weighted by Crippen LogP contribution is 2.32. The smallest absolute Gasteiger partial charge is 0.169 e. The number of ether oxygens (including phenoxy) is 1. The third-order valence-electron chi connectivity index (χ3n) is 2.91. The van der Waals surface area contributed by atoms with Gasteiger partial charge in [-0.2, -0.15) is 0 Å². The van der Waals surface area contributed by atoms with Crippen LogP contribution >= 0.6 is 0 Å². The number of aromatic amines is 1. The number of H-pyrrole nitrogens is 1. The number of anilines is 1. The topological polar surface area (TPSA) is 51.0 Å². The highest BCUT2D eigenvalue weighted by atomic mass is 16.5. The lowest BCUT2D eigenvalue weighted by atomic mass is 10.2. The largest absolute Gasteiger partial charge is 0.484 e. The van der Waals surface area contributed by atoms with Crippen LogP contribution in [0, 0.1) is 0 Å². The van der Waals surface area contributed by atoms with E-state index in [0.717, 1.165) is 22.2 Å². The summed E-state index contributed by atoms with van der Waals surface area (Å²) < 4.78 is 5.82. The van der Waals surface area contributed by atoms with Gasteiger partial charge in [0, 0.05) is 5.39 Å². The maximum absolute atomic E-state index is 5.94. The summed E-state index contributed by atoms with van der Waals surface area (Å²) in [5, 5.41) is 1.02. The summed E-state index contributed by atoms with van der Waals surface area (Å²) in [6, 6.07) is 18.0. The fraction of sp³-hybridized carbons (Fsp3) is 0.0667. The summed E-state index contributed by atoms with van der Waals surface area (Å²) in [5.74, 6) is 1.31. The zero-order valence-corrected chi connectivity index (χ0v) is 9.89. The average Bonchev–Trinajstić information content (AvgIpc) is 2.73. The molecule has 2 aromatic carbocycles. The van der Waals surface area contributed by atoms with Gasteiger partial charge in [0.1, 0.15) is 12.4 Å². The molecule has 3 nitrogen and oxygen atoms in total. The molecule has 0 saturated heterocycles. The van der Waals surface area contributed by atoms with Crippen LogP contribution in [0.5, 0.6) is 5.75 Å². The maximum Gasteiger partial charge on any atom is 0.169 e. The lowest BCUT2D eigenvalue weighted by Gasteiger charge is -2.05. The normalized spacial score (nSPS) is 10.7. The van der Waals surface area contributed by atoms with E-state index in [4.69, 9.17) is 10.5 Å². The minimum absolute atomic E-state index is 0.521. The van der Waals surface area contributed by atoms with Crippen LogP contribution in [0.25, 0.3) is 10.9 Å². The Morgan fingerprint density at radius 2 is 1.67 bits per heavy atom. The van der Waals surface area contributed by atoms with E-state index in [1.54, 1.807) is 0 Å². The second kappa shape index (κ2) is 4.45. The summed E-state index contributed by atoms with van der Waals surface area (Å²) in [7, 11) is 0. The molecule has 0 amide bonds. The van der Waals surface area contributed by atoms with Gasteiger partial charge in [0.05, 0.1) is 5.52 Å². The molecule has 1 heterocycles. The third-order valence-corrected chi connectivity index (χ3v) is 2.91. The molecule has 0 aliphatic heterocycles. The lowest BCUT2D eigenvalue weighted by molar-refractivity contribution is 0.312. The molecule has 0 bridgehead atoms. The van der Waals surface area contributed by atoms with Crippen molar-refractivity contribution in [2.24, 2.45) is 0 Å². The maximum atomic E-state index is 5.94. The van der Waals surface area contributed by atoms with Crippen molar-refractivity contribution in [2.75, 3.05) is 5.73 Å². The molecule has 0 saturated carbocycles. The highest BCUT2D eigenvalue weighted by molar-refractivity contribution is 5.91. The van der Waals surface area contributed by atoms with Gasteiger partial charge in [-0.15, -0.1) is 0 Å². The molecular formula is C15H14N2O. The Bertz CT molecular complexity index is 659. The van der Waals surface area contributed by atoms with Crippen LogP contribution in [0.3, 0.4) is 0 Å². The van der Waals surface area contributed by atoms with Crippen molar-refractivity contribution in [3.63, 3.8) is 0 Å². The van der Waals surface area contributed by atoms with Crippen LogP contribution in [0.2, 0.25) is 0 Å². The van der Waals surface area contributed by atoms with E-state index in [2.05, 4.69) is 4.98 Å². The first-order chi connectivity index (χ1) is 8.84. The monoisotopic (exact) mass is 238 g/mol. The van der Waals surface area contributed by atoms with Crippen LogP contribution in [0.1, 0.15) is 5.56 Å². The average molecular weight is 238 g/mol. The number of nitrogens with two attached hydrogens (primary N) is 1. The van der Waals surface area contributed by atoms with Gasteiger partial charge in [-0.1, -0.05) is 42.5 Å². The van der Waals surface area contributed by atoms with Gasteiger partial charge in [-0.3, -0.25) is 0 Å². The molecule has 90 valence electrons. The van der Waals surface area contributed by atoms with E-state index < -0.39 is 0 Å². The molecule has 0 unspecified atom stereocenters. The van der Waals surface area contributed by atoms with E-state index in [9.17, 15) is 0 Å². The van der Waals surface area contributed by atoms with Crippen LogP contribution < -0.4 is 10.5 Å². The predicted molar refractivity (Wildman–Crippen MR) is 73.5 cm³/mol. The van der Waals surface area contributed by atoms with Gasteiger partial charge < -0.3 is 15.5 Å².